The number of hydrogen-bond donors (Lipinski definition) is 1. The van der Waals surface area contributed by atoms with Gasteiger partial charge in [-0.25, -0.2) is 0 Å². The summed E-state index contributed by atoms with van der Waals surface area (Å²) in [7, 11) is 4.46. The Morgan fingerprint density at radius 3 is 2.84 bits per heavy atom. The maximum absolute atomic E-state index is 5.40. The van der Waals surface area contributed by atoms with Gasteiger partial charge in [0.2, 0.25) is 0 Å². The molecule has 0 saturated carbocycles. The highest BCUT2D eigenvalue weighted by Gasteiger charge is 2.20. The molecule has 0 aliphatic carbocycles. The topological polar surface area (TPSA) is 31.6 Å². The van der Waals surface area contributed by atoms with Gasteiger partial charge in [-0.2, -0.15) is 0 Å². The van der Waals surface area contributed by atoms with Gasteiger partial charge in [-0.05, 0) is 59.1 Å². The van der Waals surface area contributed by atoms with Crippen LogP contribution < -0.4 is 5.32 Å². The molecule has 1 aromatic rings. The lowest BCUT2D eigenvalue weighted by atomic mass is 10.0. The van der Waals surface area contributed by atoms with Gasteiger partial charge in [-0.3, -0.25) is 0 Å². The molecule has 4 heteroatoms. The molecule has 1 fully saturated rings. The summed E-state index contributed by atoms with van der Waals surface area (Å²) >= 11 is 0. The Hall–Kier alpha value is -0.840. The van der Waals surface area contributed by atoms with Gasteiger partial charge < -0.3 is 19.5 Å². The van der Waals surface area contributed by atoms with Gasteiger partial charge in [0, 0.05) is 19.1 Å². The Balaban J connectivity index is 1.65. The molecular weight excluding hydrogens is 238 g/mol. The lowest BCUT2D eigenvalue weighted by molar-refractivity contribution is 0.144. The summed E-state index contributed by atoms with van der Waals surface area (Å²) in [6.07, 6.45) is 4.32. The van der Waals surface area contributed by atoms with Crippen LogP contribution in [0.2, 0.25) is 0 Å². The fourth-order valence-electron chi connectivity index (χ4n) is 2.71. The molecule has 1 aliphatic rings. The van der Waals surface area contributed by atoms with Crippen molar-refractivity contribution < 1.29 is 4.42 Å². The molecule has 1 saturated heterocycles. The number of nitrogens with zero attached hydrogens (tertiary/aromatic N) is 2. The van der Waals surface area contributed by atoms with Crippen LogP contribution >= 0.6 is 0 Å². The molecule has 1 aliphatic heterocycles. The van der Waals surface area contributed by atoms with Gasteiger partial charge in [-0.1, -0.05) is 0 Å². The van der Waals surface area contributed by atoms with Crippen LogP contribution in [0.4, 0.5) is 0 Å². The minimum absolute atomic E-state index is 0.292. The summed E-state index contributed by atoms with van der Waals surface area (Å²) in [5.74, 6) is 1.02. The molecule has 1 atom stereocenters. The molecule has 1 unspecified atom stereocenters. The van der Waals surface area contributed by atoms with Gasteiger partial charge in [0.15, 0.2) is 0 Å². The van der Waals surface area contributed by atoms with Gasteiger partial charge in [0.1, 0.15) is 5.76 Å². The van der Waals surface area contributed by atoms with Crippen LogP contribution in [0.15, 0.2) is 22.8 Å². The van der Waals surface area contributed by atoms with Crippen molar-refractivity contribution in [3.05, 3.63) is 24.2 Å². The van der Waals surface area contributed by atoms with Crippen LogP contribution in [-0.2, 0) is 0 Å². The highest BCUT2D eigenvalue weighted by molar-refractivity contribution is 5.02. The van der Waals surface area contributed by atoms with E-state index in [1.807, 2.05) is 12.1 Å². The van der Waals surface area contributed by atoms with Gasteiger partial charge in [0.05, 0.1) is 12.3 Å². The van der Waals surface area contributed by atoms with Crippen molar-refractivity contribution in [1.29, 1.82) is 0 Å². The number of rotatable bonds is 6. The molecule has 4 nitrogen and oxygen atoms in total. The smallest absolute Gasteiger partial charge is 0.120 e. The fourth-order valence-corrected chi connectivity index (χ4v) is 2.71. The highest BCUT2D eigenvalue weighted by atomic mass is 16.3. The number of piperidine rings is 1. The third-order valence-electron chi connectivity index (χ3n) is 4.20. The molecule has 108 valence electrons. The average molecular weight is 265 g/mol. The fraction of sp³-hybridized carbons (Fsp3) is 0.733. The second-order valence-corrected chi connectivity index (χ2v) is 5.71. The molecule has 0 spiro atoms. The Kier molecular flexibility index (Phi) is 5.43. The highest BCUT2D eigenvalue weighted by Crippen LogP contribution is 2.14. The first-order valence-electron chi connectivity index (χ1n) is 7.32. The minimum atomic E-state index is 0.292. The Morgan fingerprint density at radius 1 is 1.47 bits per heavy atom. The maximum atomic E-state index is 5.40. The van der Waals surface area contributed by atoms with E-state index in [0.29, 0.717) is 6.04 Å². The van der Waals surface area contributed by atoms with Crippen molar-refractivity contribution in [2.45, 2.75) is 31.8 Å². The molecular formula is C15H27N3O. The van der Waals surface area contributed by atoms with Crippen LogP contribution in [0.25, 0.3) is 0 Å². The van der Waals surface area contributed by atoms with Crippen LogP contribution in [0.3, 0.4) is 0 Å². The summed E-state index contributed by atoms with van der Waals surface area (Å²) in [5.41, 5.74) is 0. The van der Waals surface area contributed by atoms with Crippen LogP contribution in [-0.4, -0.2) is 56.1 Å². The molecule has 2 rings (SSSR count). The predicted molar refractivity (Wildman–Crippen MR) is 78.3 cm³/mol. The summed E-state index contributed by atoms with van der Waals surface area (Å²) in [5, 5.41) is 3.52. The summed E-state index contributed by atoms with van der Waals surface area (Å²) in [4.78, 5) is 4.91. The molecule has 2 heterocycles. The van der Waals surface area contributed by atoms with Gasteiger partial charge in [-0.15, -0.1) is 0 Å². The lowest BCUT2D eigenvalue weighted by Gasteiger charge is -2.35. The molecule has 1 aromatic heterocycles. The van der Waals surface area contributed by atoms with E-state index in [1.54, 1.807) is 6.26 Å². The zero-order chi connectivity index (χ0) is 13.7. The number of likely N-dealkylation sites (tertiary alicyclic amines) is 1. The number of likely N-dealkylation sites (N-methyl/N-ethyl adjacent to an activating group) is 1. The summed E-state index contributed by atoms with van der Waals surface area (Å²) in [6.45, 7) is 6.70. The molecule has 0 bridgehead atoms. The monoisotopic (exact) mass is 265 g/mol. The summed E-state index contributed by atoms with van der Waals surface area (Å²) < 4.78 is 5.40. The van der Waals surface area contributed by atoms with Gasteiger partial charge in [0.25, 0.3) is 0 Å². The van der Waals surface area contributed by atoms with Crippen molar-refractivity contribution in [3.63, 3.8) is 0 Å². The Morgan fingerprint density at radius 2 is 2.21 bits per heavy atom. The Bertz CT molecular complexity index is 344. The molecule has 0 amide bonds. The van der Waals surface area contributed by atoms with E-state index in [4.69, 9.17) is 4.42 Å². The van der Waals surface area contributed by atoms with E-state index in [-0.39, 0.29) is 0 Å². The second-order valence-electron chi connectivity index (χ2n) is 5.71. The number of hydrogen-bond acceptors (Lipinski definition) is 4. The third-order valence-corrected chi connectivity index (χ3v) is 4.20. The standard InChI is InChI=1S/C15H27N3O/c1-13(15-5-4-12-19-15)16-8-11-18(3)14-6-9-17(2)10-7-14/h4-5,12-14,16H,6-11H2,1-3H3. The largest absolute Gasteiger partial charge is 0.468 e. The molecule has 0 aromatic carbocycles. The van der Waals surface area contributed by atoms with Crippen LogP contribution in [0, 0.1) is 0 Å². The first-order valence-corrected chi connectivity index (χ1v) is 7.32. The molecule has 1 N–H and O–H groups in total. The van der Waals surface area contributed by atoms with Gasteiger partial charge >= 0.3 is 0 Å². The van der Waals surface area contributed by atoms with Crippen LogP contribution in [0.1, 0.15) is 31.6 Å². The van der Waals surface area contributed by atoms with E-state index in [2.05, 4.69) is 36.1 Å². The van der Waals surface area contributed by atoms with Crippen molar-refractivity contribution in [2.24, 2.45) is 0 Å². The van der Waals surface area contributed by atoms with E-state index in [1.165, 1.54) is 25.9 Å². The maximum Gasteiger partial charge on any atom is 0.120 e. The van der Waals surface area contributed by atoms with Crippen molar-refractivity contribution in [2.75, 3.05) is 40.3 Å². The quantitative estimate of drug-likeness (QED) is 0.852. The molecule has 0 radical (unpaired) electrons. The van der Waals surface area contributed by atoms with E-state index in [9.17, 15) is 0 Å². The number of nitrogens with one attached hydrogen (secondary N) is 1. The SMILES string of the molecule is CC(NCCN(C)C1CCN(C)CC1)c1ccco1. The molecule has 19 heavy (non-hydrogen) atoms. The summed E-state index contributed by atoms with van der Waals surface area (Å²) in [6, 6.07) is 5.01. The zero-order valence-corrected chi connectivity index (χ0v) is 12.4. The normalized spacial score (nSPS) is 20.0. The lowest BCUT2D eigenvalue weighted by Crippen LogP contribution is -2.44. The minimum Gasteiger partial charge on any atom is -0.468 e. The number of furan rings is 1. The zero-order valence-electron chi connectivity index (χ0n) is 12.4. The van der Waals surface area contributed by atoms with E-state index < -0.39 is 0 Å². The van der Waals surface area contributed by atoms with Crippen molar-refractivity contribution in [1.82, 2.24) is 15.1 Å². The van der Waals surface area contributed by atoms with E-state index >= 15 is 0 Å². The second kappa shape index (κ2) is 7.08. The average Bonchev–Trinajstić information content (AvgIpc) is 2.93. The predicted octanol–water partition coefficient (Wildman–Crippen LogP) is 1.96. The van der Waals surface area contributed by atoms with E-state index in [0.717, 1.165) is 24.9 Å². The Labute approximate surface area is 116 Å². The van der Waals surface area contributed by atoms with Crippen LogP contribution in [0.5, 0.6) is 0 Å². The first-order chi connectivity index (χ1) is 9.16. The first kappa shape index (κ1) is 14.6. The van der Waals surface area contributed by atoms with Crippen molar-refractivity contribution in [3.8, 4) is 0 Å². The third kappa shape index (κ3) is 4.34. The van der Waals surface area contributed by atoms with Crippen molar-refractivity contribution >= 4 is 0 Å².